The predicted molar refractivity (Wildman–Crippen MR) is 76.5 cm³/mol. The van der Waals surface area contributed by atoms with Crippen molar-refractivity contribution in [2.75, 3.05) is 4.72 Å². The molecule has 2 aromatic rings. The van der Waals surface area contributed by atoms with E-state index in [0.29, 0.717) is 6.42 Å². The van der Waals surface area contributed by atoms with E-state index in [2.05, 4.69) is 14.9 Å². The molecule has 2 rings (SSSR count). The highest BCUT2D eigenvalue weighted by Crippen LogP contribution is 2.16. The van der Waals surface area contributed by atoms with E-state index >= 15 is 0 Å². The molecule has 7 nitrogen and oxygen atoms in total. The maximum Gasteiger partial charge on any atom is 0.303 e. The third-order valence-corrected chi connectivity index (χ3v) is 4.18. The lowest BCUT2D eigenvalue weighted by atomic mass is 10.1. The number of benzene rings is 1. The smallest absolute Gasteiger partial charge is 0.303 e. The summed E-state index contributed by atoms with van der Waals surface area (Å²) in [6, 6.07) is 7.68. The summed E-state index contributed by atoms with van der Waals surface area (Å²) in [5, 5.41) is 15.1. The van der Waals surface area contributed by atoms with Crippen LogP contribution in [-0.2, 0) is 21.2 Å². The van der Waals surface area contributed by atoms with Crippen molar-refractivity contribution < 1.29 is 18.3 Å². The van der Waals surface area contributed by atoms with Crippen molar-refractivity contribution in [3.05, 3.63) is 41.6 Å². The van der Waals surface area contributed by atoms with E-state index in [0.717, 1.165) is 11.3 Å². The third-order valence-electron chi connectivity index (χ3n) is 2.81. The lowest BCUT2D eigenvalue weighted by molar-refractivity contribution is -0.136. The second-order valence-electron chi connectivity index (χ2n) is 4.58. The van der Waals surface area contributed by atoms with Crippen LogP contribution in [0.15, 0.2) is 35.2 Å². The SMILES string of the molecule is Cc1cc(NS(=O)(=O)c2ccc(CCC(=O)O)cc2)n[nH]1. The van der Waals surface area contributed by atoms with Gasteiger partial charge in [-0.15, -0.1) is 0 Å². The molecule has 0 aliphatic heterocycles. The number of hydrogen-bond acceptors (Lipinski definition) is 4. The molecule has 0 amide bonds. The van der Waals surface area contributed by atoms with E-state index in [1.807, 2.05) is 0 Å². The maximum absolute atomic E-state index is 12.1. The summed E-state index contributed by atoms with van der Waals surface area (Å²) in [5.74, 6) is -0.662. The van der Waals surface area contributed by atoms with Crippen molar-refractivity contribution >= 4 is 21.8 Å². The summed E-state index contributed by atoms with van der Waals surface area (Å²) in [4.78, 5) is 10.6. The first-order valence-corrected chi connectivity index (χ1v) is 7.71. The Labute approximate surface area is 122 Å². The molecular formula is C13H15N3O4S. The molecule has 0 saturated carbocycles. The molecule has 21 heavy (non-hydrogen) atoms. The second kappa shape index (κ2) is 5.96. The maximum atomic E-state index is 12.1. The minimum Gasteiger partial charge on any atom is -0.481 e. The molecule has 1 aromatic carbocycles. The van der Waals surface area contributed by atoms with Crippen LogP contribution in [0, 0.1) is 6.92 Å². The number of aryl methyl sites for hydroxylation is 2. The number of carbonyl (C=O) groups is 1. The lowest BCUT2D eigenvalue weighted by Crippen LogP contribution is -2.13. The molecule has 0 fully saturated rings. The first kappa shape index (κ1) is 15.0. The molecule has 0 aliphatic carbocycles. The summed E-state index contributed by atoms with van der Waals surface area (Å²) < 4.78 is 26.6. The van der Waals surface area contributed by atoms with Crippen LogP contribution in [-0.4, -0.2) is 29.7 Å². The van der Waals surface area contributed by atoms with Crippen LogP contribution < -0.4 is 4.72 Å². The van der Waals surface area contributed by atoms with Gasteiger partial charge in [-0.25, -0.2) is 8.42 Å². The van der Waals surface area contributed by atoms with Gasteiger partial charge >= 0.3 is 5.97 Å². The summed E-state index contributed by atoms with van der Waals surface area (Å²) in [7, 11) is -3.70. The Hall–Kier alpha value is -2.35. The normalized spacial score (nSPS) is 11.3. The number of aliphatic carboxylic acids is 1. The fourth-order valence-electron chi connectivity index (χ4n) is 1.75. The van der Waals surface area contributed by atoms with Crippen LogP contribution in [0.5, 0.6) is 0 Å². The number of carboxylic acids is 1. The molecule has 1 heterocycles. The van der Waals surface area contributed by atoms with E-state index in [9.17, 15) is 13.2 Å². The molecule has 0 unspecified atom stereocenters. The van der Waals surface area contributed by atoms with Gasteiger partial charge < -0.3 is 5.11 Å². The van der Waals surface area contributed by atoms with Crippen molar-refractivity contribution in [2.45, 2.75) is 24.7 Å². The van der Waals surface area contributed by atoms with Gasteiger partial charge in [-0.05, 0) is 31.0 Å². The molecule has 1 aromatic heterocycles. The number of rotatable bonds is 6. The Balaban J connectivity index is 2.11. The standard InChI is InChI=1S/C13H15N3O4S/c1-9-8-12(15-14-9)16-21(19,20)11-5-2-10(3-6-11)4-7-13(17)18/h2-3,5-6,8H,4,7H2,1H3,(H,17,18)(H2,14,15,16). The lowest BCUT2D eigenvalue weighted by Gasteiger charge is -2.06. The number of H-pyrrole nitrogens is 1. The Morgan fingerprint density at radius 3 is 2.52 bits per heavy atom. The fourth-order valence-corrected chi connectivity index (χ4v) is 2.75. The first-order chi connectivity index (χ1) is 9.87. The van der Waals surface area contributed by atoms with Crippen LogP contribution in [0.3, 0.4) is 0 Å². The number of sulfonamides is 1. The molecule has 112 valence electrons. The monoisotopic (exact) mass is 309 g/mol. The van der Waals surface area contributed by atoms with E-state index < -0.39 is 16.0 Å². The van der Waals surface area contributed by atoms with Gasteiger partial charge in [-0.2, -0.15) is 5.10 Å². The van der Waals surface area contributed by atoms with Crippen LogP contribution >= 0.6 is 0 Å². The van der Waals surface area contributed by atoms with Crippen LogP contribution in [0.4, 0.5) is 5.82 Å². The van der Waals surface area contributed by atoms with Gasteiger partial charge in [-0.3, -0.25) is 14.6 Å². The largest absolute Gasteiger partial charge is 0.481 e. The van der Waals surface area contributed by atoms with Crippen molar-refractivity contribution in [3.8, 4) is 0 Å². The highest BCUT2D eigenvalue weighted by atomic mass is 32.2. The molecule has 0 aliphatic rings. The highest BCUT2D eigenvalue weighted by Gasteiger charge is 2.15. The van der Waals surface area contributed by atoms with Gasteiger partial charge in [0.15, 0.2) is 5.82 Å². The zero-order chi connectivity index (χ0) is 15.5. The van der Waals surface area contributed by atoms with Crippen molar-refractivity contribution in [1.29, 1.82) is 0 Å². The molecule has 0 radical (unpaired) electrons. The van der Waals surface area contributed by atoms with Crippen molar-refractivity contribution in [1.82, 2.24) is 10.2 Å². The Morgan fingerprint density at radius 2 is 2.00 bits per heavy atom. The summed E-state index contributed by atoms with van der Waals surface area (Å²) in [5.41, 5.74) is 1.52. The molecule has 0 atom stereocenters. The van der Waals surface area contributed by atoms with E-state index in [1.54, 1.807) is 25.1 Å². The zero-order valence-electron chi connectivity index (χ0n) is 11.3. The molecule has 3 N–H and O–H groups in total. The molecule has 8 heteroatoms. The van der Waals surface area contributed by atoms with Crippen LogP contribution in [0.25, 0.3) is 0 Å². The summed E-state index contributed by atoms with van der Waals surface area (Å²) in [6.07, 6.45) is 0.374. The predicted octanol–water partition coefficient (Wildman–Crippen LogP) is 1.54. The van der Waals surface area contributed by atoms with Crippen molar-refractivity contribution in [3.63, 3.8) is 0 Å². The summed E-state index contributed by atoms with van der Waals surface area (Å²) >= 11 is 0. The van der Waals surface area contributed by atoms with E-state index in [1.165, 1.54) is 12.1 Å². The minimum atomic E-state index is -3.70. The van der Waals surface area contributed by atoms with Crippen LogP contribution in [0.2, 0.25) is 0 Å². The number of hydrogen-bond donors (Lipinski definition) is 3. The van der Waals surface area contributed by atoms with Gasteiger partial charge in [0.25, 0.3) is 10.0 Å². The topological polar surface area (TPSA) is 112 Å². The highest BCUT2D eigenvalue weighted by molar-refractivity contribution is 7.92. The number of aromatic nitrogens is 2. The molecule has 0 spiro atoms. The van der Waals surface area contributed by atoms with Gasteiger partial charge in [0, 0.05) is 18.2 Å². The average molecular weight is 309 g/mol. The molecule has 0 bridgehead atoms. The second-order valence-corrected chi connectivity index (χ2v) is 6.26. The van der Waals surface area contributed by atoms with Gasteiger partial charge in [0.05, 0.1) is 4.90 Å². The minimum absolute atomic E-state index is 0.0108. The number of carboxylic acid groups (broad SMARTS) is 1. The van der Waals surface area contributed by atoms with Crippen molar-refractivity contribution in [2.24, 2.45) is 0 Å². The molecular weight excluding hydrogens is 294 g/mol. The molecule has 0 saturated heterocycles. The van der Waals surface area contributed by atoms with Gasteiger partial charge in [0.2, 0.25) is 0 Å². The van der Waals surface area contributed by atoms with Gasteiger partial charge in [0.1, 0.15) is 0 Å². The average Bonchev–Trinajstić information content (AvgIpc) is 2.81. The van der Waals surface area contributed by atoms with E-state index in [-0.39, 0.29) is 17.1 Å². The zero-order valence-corrected chi connectivity index (χ0v) is 12.1. The fraction of sp³-hybridized carbons (Fsp3) is 0.231. The number of nitrogens with one attached hydrogen (secondary N) is 2. The van der Waals surface area contributed by atoms with Crippen LogP contribution in [0.1, 0.15) is 17.7 Å². The number of aromatic amines is 1. The first-order valence-electron chi connectivity index (χ1n) is 6.22. The Kier molecular flexibility index (Phi) is 4.27. The van der Waals surface area contributed by atoms with Gasteiger partial charge in [-0.1, -0.05) is 12.1 Å². The Bertz CT molecular complexity index is 735. The third kappa shape index (κ3) is 4.06. The number of nitrogens with zero attached hydrogens (tertiary/aromatic N) is 1. The number of anilines is 1. The quantitative estimate of drug-likeness (QED) is 0.749. The Morgan fingerprint density at radius 1 is 1.33 bits per heavy atom. The van der Waals surface area contributed by atoms with E-state index in [4.69, 9.17) is 5.11 Å². The summed E-state index contributed by atoms with van der Waals surface area (Å²) in [6.45, 7) is 1.77.